The van der Waals surface area contributed by atoms with Crippen molar-refractivity contribution in [2.24, 2.45) is 5.92 Å². The van der Waals surface area contributed by atoms with Crippen LogP contribution in [-0.2, 0) is 9.59 Å². The van der Waals surface area contributed by atoms with Gasteiger partial charge >= 0.3 is 0 Å². The number of hydrogen-bond donors (Lipinski definition) is 0. The minimum Gasteiger partial charge on any atom is -0.300 e. The smallest absolute Gasteiger partial charge is 0.164 e. The molecule has 0 fully saturated rings. The standard InChI is InChI=1S/C10H8O2.C8H14O2.CH4/c11-9-5-6-10(12)8-4-2-1-3-7(8)9;1-6(8(3)10)4-5-7(2)9;/h1-4H,5-6H2;6H,4-5H2,1-3H3;1H4. The molecule has 1 aromatic carbocycles. The number of benzene rings is 1. The van der Waals surface area contributed by atoms with E-state index in [-0.39, 0.29) is 36.5 Å². The van der Waals surface area contributed by atoms with Crippen LogP contribution in [0.25, 0.3) is 0 Å². The van der Waals surface area contributed by atoms with E-state index in [1.165, 1.54) is 0 Å². The molecule has 1 aliphatic carbocycles. The Morgan fingerprint density at radius 1 is 1.00 bits per heavy atom. The molecular formula is C19H26O4. The highest BCUT2D eigenvalue weighted by Gasteiger charge is 2.22. The first-order valence-electron chi connectivity index (χ1n) is 7.48. The summed E-state index contributed by atoms with van der Waals surface area (Å²) in [4.78, 5) is 43.7. The molecule has 126 valence electrons. The van der Waals surface area contributed by atoms with Crippen molar-refractivity contribution in [3.63, 3.8) is 0 Å². The number of carbonyl (C=O) groups is 4. The SMILES string of the molecule is C.CC(=O)CCC(C)C(C)=O.O=C1CCC(=O)c2ccccc21. The highest BCUT2D eigenvalue weighted by molar-refractivity contribution is 6.13. The number of fused-ring (bicyclic) bond motifs is 1. The van der Waals surface area contributed by atoms with E-state index in [4.69, 9.17) is 0 Å². The Morgan fingerprint density at radius 2 is 1.43 bits per heavy atom. The summed E-state index contributed by atoms with van der Waals surface area (Å²) in [5.41, 5.74) is 1.18. The predicted molar refractivity (Wildman–Crippen MR) is 90.8 cm³/mol. The maximum Gasteiger partial charge on any atom is 0.164 e. The van der Waals surface area contributed by atoms with Crippen LogP contribution in [-0.4, -0.2) is 23.1 Å². The summed E-state index contributed by atoms with van der Waals surface area (Å²) in [5.74, 6) is 0.550. The molecule has 0 saturated carbocycles. The van der Waals surface area contributed by atoms with Gasteiger partial charge in [-0.3, -0.25) is 14.4 Å². The minimum atomic E-state index is 0. The van der Waals surface area contributed by atoms with Crippen LogP contribution in [0.4, 0.5) is 0 Å². The summed E-state index contributed by atoms with van der Waals surface area (Å²) in [7, 11) is 0. The van der Waals surface area contributed by atoms with Gasteiger partial charge < -0.3 is 4.79 Å². The molecule has 4 nitrogen and oxygen atoms in total. The van der Waals surface area contributed by atoms with Crippen LogP contribution >= 0.6 is 0 Å². The van der Waals surface area contributed by atoms with Gasteiger partial charge in [0.2, 0.25) is 0 Å². The zero-order valence-electron chi connectivity index (χ0n) is 13.3. The number of ketones is 4. The van der Waals surface area contributed by atoms with E-state index in [1.54, 1.807) is 38.1 Å². The van der Waals surface area contributed by atoms with Crippen LogP contribution in [0.3, 0.4) is 0 Å². The molecule has 23 heavy (non-hydrogen) atoms. The van der Waals surface area contributed by atoms with E-state index in [2.05, 4.69) is 0 Å². The Hall–Kier alpha value is -2.10. The molecular weight excluding hydrogens is 292 g/mol. The molecule has 0 aromatic heterocycles. The number of rotatable bonds is 4. The van der Waals surface area contributed by atoms with E-state index in [0.29, 0.717) is 36.8 Å². The highest BCUT2D eigenvalue weighted by atomic mass is 16.1. The van der Waals surface area contributed by atoms with Crippen LogP contribution < -0.4 is 0 Å². The van der Waals surface area contributed by atoms with Gasteiger partial charge in [-0.2, -0.15) is 0 Å². The van der Waals surface area contributed by atoms with Crippen LogP contribution in [0.1, 0.15) is 74.6 Å². The van der Waals surface area contributed by atoms with Crippen LogP contribution in [0.5, 0.6) is 0 Å². The lowest BCUT2D eigenvalue weighted by molar-refractivity contribution is -0.121. The van der Waals surface area contributed by atoms with Gasteiger partial charge in [-0.25, -0.2) is 0 Å². The minimum absolute atomic E-state index is 0. The quantitative estimate of drug-likeness (QED) is 0.839. The third-order valence-electron chi connectivity index (χ3n) is 3.73. The summed E-state index contributed by atoms with van der Waals surface area (Å²) >= 11 is 0. The monoisotopic (exact) mass is 318 g/mol. The molecule has 0 heterocycles. The molecule has 0 N–H and O–H groups in total. The van der Waals surface area contributed by atoms with Gasteiger partial charge in [-0.15, -0.1) is 0 Å². The van der Waals surface area contributed by atoms with E-state index in [1.807, 2.05) is 6.92 Å². The van der Waals surface area contributed by atoms with E-state index in [0.717, 1.165) is 0 Å². The van der Waals surface area contributed by atoms with Crippen molar-refractivity contribution in [2.45, 2.75) is 53.9 Å². The molecule has 0 bridgehead atoms. The Morgan fingerprint density at radius 3 is 1.78 bits per heavy atom. The van der Waals surface area contributed by atoms with Gasteiger partial charge in [0.25, 0.3) is 0 Å². The topological polar surface area (TPSA) is 68.3 Å². The Labute approximate surface area is 138 Å². The highest BCUT2D eigenvalue weighted by Crippen LogP contribution is 2.20. The number of hydrogen-bond acceptors (Lipinski definition) is 4. The lowest BCUT2D eigenvalue weighted by Crippen LogP contribution is -2.16. The van der Waals surface area contributed by atoms with Crippen molar-refractivity contribution in [2.75, 3.05) is 0 Å². The third-order valence-corrected chi connectivity index (χ3v) is 3.73. The molecule has 0 aliphatic heterocycles. The lowest BCUT2D eigenvalue weighted by atomic mass is 9.90. The second-order valence-electron chi connectivity index (χ2n) is 5.64. The van der Waals surface area contributed by atoms with Gasteiger partial charge in [-0.05, 0) is 20.3 Å². The fraction of sp³-hybridized carbons (Fsp3) is 0.474. The molecule has 1 aliphatic rings. The molecule has 0 radical (unpaired) electrons. The fourth-order valence-electron chi connectivity index (χ4n) is 2.09. The Kier molecular flexibility index (Phi) is 8.93. The third kappa shape index (κ3) is 6.68. The van der Waals surface area contributed by atoms with Gasteiger partial charge in [0.05, 0.1) is 0 Å². The molecule has 4 heteroatoms. The summed E-state index contributed by atoms with van der Waals surface area (Å²) < 4.78 is 0. The molecule has 1 unspecified atom stereocenters. The van der Waals surface area contributed by atoms with Gasteiger partial charge in [-0.1, -0.05) is 38.6 Å². The lowest BCUT2D eigenvalue weighted by Gasteiger charge is -2.11. The first kappa shape index (κ1) is 20.9. The van der Waals surface area contributed by atoms with Gasteiger partial charge in [0.1, 0.15) is 11.6 Å². The van der Waals surface area contributed by atoms with Crippen molar-refractivity contribution >= 4 is 23.1 Å². The number of Topliss-reactive ketones (excluding diaryl/α,β-unsaturated/α-hetero) is 4. The number of carbonyl (C=O) groups excluding carboxylic acids is 4. The zero-order chi connectivity index (χ0) is 16.7. The summed E-state index contributed by atoms with van der Waals surface area (Å²) in [6.45, 7) is 4.96. The van der Waals surface area contributed by atoms with Crippen LogP contribution in [0.15, 0.2) is 24.3 Å². The summed E-state index contributed by atoms with van der Waals surface area (Å²) in [6, 6.07) is 7.01. The Balaban J connectivity index is 0.000000412. The summed E-state index contributed by atoms with van der Waals surface area (Å²) in [6.07, 6.45) is 1.97. The second kappa shape index (κ2) is 9.82. The van der Waals surface area contributed by atoms with Gasteiger partial charge in [0, 0.05) is 36.3 Å². The fourth-order valence-corrected chi connectivity index (χ4v) is 2.09. The molecule has 2 rings (SSSR count). The van der Waals surface area contributed by atoms with Gasteiger partial charge in [0.15, 0.2) is 11.6 Å². The molecule has 0 saturated heterocycles. The molecule has 1 aromatic rings. The summed E-state index contributed by atoms with van der Waals surface area (Å²) in [5, 5.41) is 0. The van der Waals surface area contributed by atoms with E-state index < -0.39 is 0 Å². The van der Waals surface area contributed by atoms with Crippen molar-refractivity contribution in [1.82, 2.24) is 0 Å². The maximum atomic E-state index is 11.3. The first-order valence-corrected chi connectivity index (χ1v) is 7.48. The van der Waals surface area contributed by atoms with Crippen molar-refractivity contribution < 1.29 is 19.2 Å². The van der Waals surface area contributed by atoms with Crippen molar-refractivity contribution in [3.05, 3.63) is 35.4 Å². The van der Waals surface area contributed by atoms with Crippen molar-refractivity contribution in [3.8, 4) is 0 Å². The average Bonchev–Trinajstić information content (AvgIpc) is 2.49. The average molecular weight is 318 g/mol. The normalized spacial score (nSPS) is 13.9. The maximum absolute atomic E-state index is 11.3. The largest absolute Gasteiger partial charge is 0.300 e. The molecule has 1 atom stereocenters. The molecule has 0 amide bonds. The predicted octanol–water partition coefficient (Wildman–Crippen LogP) is 4.06. The second-order valence-corrected chi connectivity index (χ2v) is 5.64. The van der Waals surface area contributed by atoms with E-state index in [9.17, 15) is 19.2 Å². The molecule has 0 spiro atoms. The van der Waals surface area contributed by atoms with Crippen LogP contribution in [0.2, 0.25) is 0 Å². The van der Waals surface area contributed by atoms with Crippen LogP contribution in [0, 0.1) is 5.92 Å². The first-order chi connectivity index (χ1) is 10.3. The van der Waals surface area contributed by atoms with Crippen molar-refractivity contribution in [1.29, 1.82) is 0 Å². The van der Waals surface area contributed by atoms with E-state index >= 15 is 0 Å². The zero-order valence-corrected chi connectivity index (χ0v) is 13.3. The Bertz CT molecular complexity index is 552.